The molecule has 2 nitrogen and oxygen atoms in total. The number of halogens is 1. The van der Waals surface area contributed by atoms with Crippen LogP contribution in [0.4, 0.5) is 0 Å². The topological polar surface area (TPSA) is 18.5 Å². The van der Waals surface area contributed by atoms with Gasteiger partial charge in [-0.15, -0.1) is 0 Å². The van der Waals surface area contributed by atoms with E-state index in [1.54, 1.807) is 6.07 Å². The molecule has 0 unspecified atom stereocenters. The largest absolute Gasteiger partial charge is 0.320 e. The molecule has 0 atom stereocenters. The molecule has 3 heteroatoms. The van der Waals surface area contributed by atoms with Crippen molar-refractivity contribution < 1.29 is 9.33 Å². The summed E-state index contributed by atoms with van der Waals surface area (Å²) in [5.41, 5.74) is 1.10. The molecule has 0 fully saturated rings. The minimum Gasteiger partial charge on any atom is -0.320 e. The Morgan fingerprint density at radius 2 is 2.20 bits per heavy atom. The molecule has 0 saturated heterocycles. The van der Waals surface area contributed by atoms with Gasteiger partial charge in [0.05, 0.1) is 0 Å². The van der Waals surface area contributed by atoms with Crippen LogP contribution in [0.25, 0.3) is 0 Å². The Morgan fingerprint density at radius 3 is 2.80 bits per heavy atom. The zero-order valence-electron chi connectivity index (χ0n) is 5.50. The average molecular weight is 159 g/mol. The fraction of sp³-hybridized carbons (Fsp3) is 0.143. The lowest BCUT2D eigenvalue weighted by Gasteiger charge is -1.97. The van der Waals surface area contributed by atoms with E-state index >= 15 is 0 Å². The summed E-state index contributed by atoms with van der Waals surface area (Å²) in [6.45, 7) is 1.96. The molecular formula is C7H7ClO2. The van der Waals surface area contributed by atoms with Crippen LogP contribution in [0.15, 0.2) is 24.3 Å². The van der Waals surface area contributed by atoms with E-state index in [-0.39, 0.29) is 0 Å². The first-order chi connectivity index (χ1) is 4.83. The lowest BCUT2D eigenvalue weighted by Crippen LogP contribution is -1.85. The summed E-state index contributed by atoms with van der Waals surface area (Å²) >= 11 is 4.87. The fourth-order valence-corrected chi connectivity index (χ4v) is 0.776. The molecular weight excluding hydrogens is 152 g/mol. The monoisotopic (exact) mass is 158 g/mol. The van der Waals surface area contributed by atoms with E-state index in [1.165, 1.54) is 0 Å². The van der Waals surface area contributed by atoms with Crippen LogP contribution >= 0.6 is 11.9 Å². The molecule has 0 aromatic heterocycles. The van der Waals surface area contributed by atoms with Crippen molar-refractivity contribution in [3.63, 3.8) is 0 Å². The Morgan fingerprint density at radius 1 is 1.40 bits per heavy atom. The number of hydrogen-bond donors (Lipinski definition) is 0. The van der Waals surface area contributed by atoms with E-state index in [2.05, 4.69) is 9.33 Å². The molecule has 0 aliphatic heterocycles. The summed E-state index contributed by atoms with van der Waals surface area (Å²) in [5, 5.41) is 0. The quantitative estimate of drug-likeness (QED) is 0.486. The van der Waals surface area contributed by atoms with E-state index in [1.807, 2.05) is 25.1 Å². The summed E-state index contributed by atoms with van der Waals surface area (Å²) in [6.07, 6.45) is 0. The molecule has 0 N–H and O–H groups in total. The van der Waals surface area contributed by atoms with Crippen LogP contribution in [0.3, 0.4) is 0 Å². The van der Waals surface area contributed by atoms with Crippen molar-refractivity contribution in [2.75, 3.05) is 0 Å². The van der Waals surface area contributed by atoms with Crippen molar-refractivity contribution in [3.8, 4) is 5.75 Å². The van der Waals surface area contributed by atoms with Gasteiger partial charge in [0.2, 0.25) is 0 Å². The molecule has 0 bridgehead atoms. The molecule has 54 valence electrons. The molecule has 1 aromatic carbocycles. The van der Waals surface area contributed by atoms with Gasteiger partial charge in [-0.05, 0) is 24.6 Å². The molecule has 0 amide bonds. The van der Waals surface area contributed by atoms with Crippen LogP contribution in [0.2, 0.25) is 0 Å². The van der Waals surface area contributed by atoms with E-state index in [0.29, 0.717) is 5.75 Å². The molecule has 0 radical (unpaired) electrons. The highest BCUT2D eigenvalue weighted by molar-refractivity contribution is 6.06. The second-order valence-electron chi connectivity index (χ2n) is 1.96. The van der Waals surface area contributed by atoms with E-state index in [0.717, 1.165) is 5.56 Å². The summed E-state index contributed by atoms with van der Waals surface area (Å²) < 4.78 is 3.96. The second kappa shape index (κ2) is 3.44. The normalized spacial score (nSPS) is 9.40. The van der Waals surface area contributed by atoms with Gasteiger partial charge >= 0.3 is 0 Å². The van der Waals surface area contributed by atoms with Crippen LogP contribution in [0, 0.1) is 6.92 Å². The van der Waals surface area contributed by atoms with E-state index in [4.69, 9.17) is 11.9 Å². The summed E-state index contributed by atoms with van der Waals surface area (Å²) in [4.78, 5) is 4.55. The third-order valence-electron chi connectivity index (χ3n) is 1.12. The molecule has 10 heavy (non-hydrogen) atoms. The maximum absolute atomic E-state index is 4.87. The van der Waals surface area contributed by atoms with E-state index < -0.39 is 0 Å². The van der Waals surface area contributed by atoms with Crippen molar-refractivity contribution in [2.24, 2.45) is 0 Å². The zero-order chi connectivity index (χ0) is 7.40. The van der Waals surface area contributed by atoms with Crippen LogP contribution < -0.4 is 4.89 Å². The number of benzene rings is 1. The Hall–Kier alpha value is -0.730. The number of rotatable bonds is 2. The van der Waals surface area contributed by atoms with Gasteiger partial charge < -0.3 is 4.89 Å². The van der Waals surface area contributed by atoms with Gasteiger partial charge in [0.1, 0.15) is 11.9 Å². The molecule has 0 aliphatic carbocycles. The zero-order valence-corrected chi connectivity index (χ0v) is 6.26. The van der Waals surface area contributed by atoms with Crippen molar-refractivity contribution in [1.29, 1.82) is 0 Å². The number of aryl methyl sites for hydroxylation is 1. The van der Waals surface area contributed by atoms with E-state index in [9.17, 15) is 0 Å². The smallest absolute Gasteiger partial charge is 0.167 e. The van der Waals surface area contributed by atoms with Gasteiger partial charge in [-0.3, -0.25) is 0 Å². The van der Waals surface area contributed by atoms with Crippen LogP contribution in [-0.4, -0.2) is 0 Å². The molecule has 0 spiro atoms. The van der Waals surface area contributed by atoms with Gasteiger partial charge in [-0.1, -0.05) is 16.6 Å². The predicted octanol–water partition coefficient (Wildman–Crippen LogP) is 2.46. The van der Waals surface area contributed by atoms with Crippen LogP contribution in [0.1, 0.15) is 5.56 Å². The van der Waals surface area contributed by atoms with Gasteiger partial charge in [-0.2, -0.15) is 0 Å². The van der Waals surface area contributed by atoms with Gasteiger partial charge in [0.25, 0.3) is 0 Å². The molecule has 1 aromatic rings. The lowest BCUT2D eigenvalue weighted by molar-refractivity contribution is -0.0919. The first-order valence-corrected chi connectivity index (χ1v) is 3.16. The molecule has 0 saturated carbocycles. The molecule has 1 rings (SSSR count). The van der Waals surface area contributed by atoms with Gasteiger partial charge in [0.15, 0.2) is 5.75 Å². The summed E-state index contributed by atoms with van der Waals surface area (Å²) in [6, 6.07) is 7.40. The molecule has 0 aliphatic rings. The maximum Gasteiger partial charge on any atom is 0.167 e. The van der Waals surface area contributed by atoms with Crippen molar-refractivity contribution in [2.45, 2.75) is 6.92 Å². The van der Waals surface area contributed by atoms with Crippen LogP contribution in [-0.2, 0) is 4.44 Å². The first-order valence-electron chi connectivity index (χ1n) is 2.85. The van der Waals surface area contributed by atoms with Crippen molar-refractivity contribution >= 4 is 11.9 Å². The third kappa shape index (κ3) is 1.90. The van der Waals surface area contributed by atoms with Crippen molar-refractivity contribution in [1.82, 2.24) is 0 Å². The SMILES string of the molecule is Cc1cccc(OOCl)c1. The number of hydrogen-bond acceptors (Lipinski definition) is 2. The fourth-order valence-electron chi connectivity index (χ4n) is 0.704. The Balaban J connectivity index is 2.75. The minimum absolute atomic E-state index is 0.606. The standard InChI is InChI=1S/C7H7ClO2/c1-6-3-2-4-7(5-6)9-10-8/h2-5H,1H3. The van der Waals surface area contributed by atoms with Crippen LogP contribution in [0.5, 0.6) is 5.75 Å². The minimum atomic E-state index is 0.606. The first kappa shape index (κ1) is 7.38. The highest BCUT2D eigenvalue weighted by Gasteiger charge is 1.91. The third-order valence-corrected chi connectivity index (χ3v) is 1.18. The Bertz CT molecular complexity index is 213. The highest BCUT2D eigenvalue weighted by Crippen LogP contribution is 2.12. The summed E-state index contributed by atoms with van der Waals surface area (Å²) in [7, 11) is 0. The average Bonchev–Trinajstić information content (AvgIpc) is 1.88. The maximum atomic E-state index is 4.87. The predicted molar refractivity (Wildman–Crippen MR) is 38.7 cm³/mol. The molecule has 0 heterocycles. The highest BCUT2D eigenvalue weighted by atomic mass is 35.5. The Labute approximate surface area is 64.4 Å². The Kier molecular flexibility index (Phi) is 2.54. The van der Waals surface area contributed by atoms with Gasteiger partial charge in [-0.25, -0.2) is 0 Å². The van der Waals surface area contributed by atoms with Gasteiger partial charge in [0, 0.05) is 0 Å². The van der Waals surface area contributed by atoms with Crippen molar-refractivity contribution in [3.05, 3.63) is 29.8 Å². The summed E-state index contributed by atoms with van der Waals surface area (Å²) in [5.74, 6) is 0.606. The lowest BCUT2D eigenvalue weighted by atomic mass is 10.2. The second-order valence-corrected chi connectivity index (χ2v) is 2.09.